The Morgan fingerprint density at radius 3 is 2.55 bits per heavy atom. The van der Waals surface area contributed by atoms with E-state index in [1.165, 1.54) is 5.56 Å². The van der Waals surface area contributed by atoms with Gasteiger partial charge in [-0.1, -0.05) is 38.2 Å². The first-order valence-corrected chi connectivity index (χ1v) is 17.0. The Bertz CT molecular complexity index is 1020. The van der Waals surface area contributed by atoms with Crippen LogP contribution in [0.25, 0.3) is 0 Å². The summed E-state index contributed by atoms with van der Waals surface area (Å²) in [6.07, 6.45) is 2.77. The molecule has 0 radical (unpaired) electrons. The Morgan fingerprint density at radius 2 is 1.97 bits per heavy atom. The molecule has 1 fully saturated rings. The molecule has 3 aliphatic rings. The van der Waals surface area contributed by atoms with Gasteiger partial charge in [0, 0.05) is 37.9 Å². The van der Waals surface area contributed by atoms with Crippen LogP contribution >= 0.6 is 0 Å². The van der Waals surface area contributed by atoms with Crippen LogP contribution in [0.15, 0.2) is 18.2 Å². The van der Waals surface area contributed by atoms with Crippen molar-refractivity contribution >= 4 is 23.6 Å². The maximum absolute atomic E-state index is 13.4. The van der Waals surface area contributed by atoms with E-state index in [-0.39, 0.29) is 29.1 Å². The zero-order valence-corrected chi connectivity index (χ0v) is 21.6. The van der Waals surface area contributed by atoms with Crippen molar-refractivity contribution in [3.05, 3.63) is 29.3 Å². The van der Waals surface area contributed by atoms with Crippen LogP contribution < -0.4 is 4.90 Å². The first-order valence-electron chi connectivity index (χ1n) is 11.5. The van der Waals surface area contributed by atoms with Gasteiger partial charge in [-0.15, -0.1) is 0 Å². The first kappa shape index (κ1) is 22.8. The molecule has 0 bridgehead atoms. The lowest BCUT2D eigenvalue weighted by molar-refractivity contribution is 0.307. The lowest BCUT2D eigenvalue weighted by Crippen LogP contribution is -2.47. The molecular formula is C24H36N2O3SSi. The van der Waals surface area contributed by atoms with Crippen LogP contribution in [0.1, 0.15) is 50.2 Å². The number of hydrogen-bond donors (Lipinski definition) is 0. The van der Waals surface area contributed by atoms with E-state index in [0.29, 0.717) is 0 Å². The summed E-state index contributed by atoms with van der Waals surface area (Å²) < 4.78 is 32.9. The Balaban J connectivity index is 1.81. The predicted octanol–water partition coefficient (Wildman–Crippen LogP) is 4.46. The monoisotopic (exact) mass is 460 g/mol. The van der Waals surface area contributed by atoms with Gasteiger partial charge in [-0.25, -0.2) is 8.42 Å². The van der Waals surface area contributed by atoms with E-state index >= 15 is 0 Å². The summed E-state index contributed by atoms with van der Waals surface area (Å²) >= 11 is 0. The number of benzene rings is 1. The quantitative estimate of drug-likeness (QED) is 0.463. The number of nitriles is 1. The molecule has 2 heterocycles. The summed E-state index contributed by atoms with van der Waals surface area (Å²) in [5.74, 6) is 0.549. The zero-order chi connectivity index (χ0) is 22.8. The third-order valence-corrected chi connectivity index (χ3v) is 11.5. The number of sulfone groups is 1. The van der Waals surface area contributed by atoms with Crippen LogP contribution in [0.2, 0.25) is 25.7 Å². The number of nitrogens with zero attached hydrogens (tertiary/aromatic N) is 2. The number of ether oxygens (including phenoxy) is 1. The zero-order valence-electron chi connectivity index (χ0n) is 19.7. The molecule has 2 aliphatic heterocycles. The fraction of sp³-hybridized carbons (Fsp3) is 0.708. The Labute approximate surface area is 188 Å². The van der Waals surface area contributed by atoms with Crippen molar-refractivity contribution in [3.63, 3.8) is 0 Å². The number of anilines is 1. The van der Waals surface area contributed by atoms with Crippen molar-refractivity contribution in [2.24, 2.45) is 0 Å². The molecule has 7 heteroatoms. The van der Waals surface area contributed by atoms with Crippen molar-refractivity contribution in [3.8, 4) is 6.07 Å². The Morgan fingerprint density at radius 1 is 1.29 bits per heavy atom. The molecule has 0 amide bonds. The number of likely N-dealkylation sites (N-methyl/N-ethyl adjacent to an activating group) is 1. The molecule has 5 nitrogen and oxygen atoms in total. The maximum Gasteiger partial charge on any atom is 0.151 e. The minimum absolute atomic E-state index is 0.0682. The smallest absolute Gasteiger partial charge is 0.151 e. The highest BCUT2D eigenvalue weighted by atomic mass is 32.2. The van der Waals surface area contributed by atoms with Gasteiger partial charge < -0.3 is 9.64 Å². The highest BCUT2D eigenvalue weighted by Gasteiger charge is 2.59. The van der Waals surface area contributed by atoms with Crippen molar-refractivity contribution in [2.45, 2.75) is 87.9 Å². The summed E-state index contributed by atoms with van der Waals surface area (Å²) in [5, 5.41) is 10.2. The summed E-state index contributed by atoms with van der Waals surface area (Å²) in [6, 6.07) is 9.07. The van der Waals surface area contributed by atoms with E-state index in [0.717, 1.165) is 36.6 Å². The fourth-order valence-corrected chi connectivity index (χ4v) is 11.0. The summed E-state index contributed by atoms with van der Waals surface area (Å²) in [5.41, 5.74) is 2.53. The van der Waals surface area contributed by atoms with E-state index in [1.54, 1.807) is 0 Å². The van der Waals surface area contributed by atoms with Gasteiger partial charge in [0.15, 0.2) is 9.84 Å². The lowest BCUT2D eigenvalue weighted by Gasteiger charge is -2.34. The molecule has 0 N–H and O–H groups in total. The highest BCUT2D eigenvalue weighted by Crippen LogP contribution is 2.57. The van der Waals surface area contributed by atoms with Crippen molar-refractivity contribution in [1.82, 2.24) is 0 Å². The van der Waals surface area contributed by atoms with E-state index in [1.807, 2.05) is 11.9 Å². The van der Waals surface area contributed by atoms with Crippen LogP contribution in [0.4, 0.5) is 5.69 Å². The molecule has 1 saturated heterocycles. The van der Waals surface area contributed by atoms with Gasteiger partial charge in [-0.3, -0.25) is 0 Å². The average molecular weight is 461 g/mol. The van der Waals surface area contributed by atoms with E-state index in [2.05, 4.69) is 57.8 Å². The van der Waals surface area contributed by atoms with Crippen molar-refractivity contribution in [2.75, 3.05) is 23.5 Å². The van der Waals surface area contributed by atoms with Gasteiger partial charge in [0.05, 0.1) is 23.5 Å². The van der Waals surface area contributed by atoms with Gasteiger partial charge >= 0.3 is 0 Å². The standard InChI is InChI=1S/C24H36N2O3SSi/c1-23(2)22(29-23)18-10-8-12-24(16-30(27,28)13-14-31(4,5)6)20(15-25)26(3)19-11-7-9-17(18)21(19)24/h7,9,11,18,20,22H,8,10,12-14,16H2,1-6H3/t18-,20+,22+,24+/m0/s1. The fourth-order valence-electron chi connectivity index (χ4n) is 5.94. The van der Waals surface area contributed by atoms with Crippen LogP contribution in [-0.2, 0) is 20.0 Å². The molecule has 170 valence electrons. The highest BCUT2D eigenvalue weighted by molar-refractivity contribution is 7.91. The molecule has 4 rings (SSSR count). The summed E-state index contributed by atoms with van der Waals surface area (Å²) in [6.45, 7) is 10.9. The molecule has 0 unspecified atom stereocenters. The van der Waals surface area contributed by atoms with E-state index in [4.69, 9.17) is 4.74 Å². The minimum Gasteiger partial charge on any atom is -0.366 e. The molecule has 4 atom stereocenters. The Hall–Kier alpha value is -1.36. The number of rotatable bonds is 6. The van der Waals surface area contributed by atoms with E-state index in [9.17, 15) is 13.7 Å². The SMILES string of the molecule is CN1c2cccc3c2[C@@](CS(=O)(=O)CC[Si](C)(C)C)(CCC[C@@H]3[C@H]2OC2(C)C)[C@H]1C#N. The normalized spacial score (nSPS) is 31.6. The Kier molecular flexibility index (Phi) is 5.39. The van der Waals surface area contributed by atoms with Gasteiger partial charge in [0.2, 0.25) is 0 Å². The third kappa shape index (κ3) is 3.96. The van der Waals surface area contributed by atoms with E-state index < -0.39 is 29.4 Å². The molecule has 0 spiro atoms. The number of hydrogen-bond acceptors (Lipinski definition) is 5. The second-order valence-corrected chi connectivity index (χ2v) is 19.4. The van der Waals surface area contributed by atoms with Gasteiger partial charge in [-0.05, 0) is 49.9 Å². The molecule has 1 aliphatic carbocycles. The second-order valence-electron chi connectivity index (χ2n) is 11.6. The average Bonchev–Trinajstić information content (AvgIpc) is 3.26. The molecule has 31 heavy (non-hydrogen) atoms. The van der Waals surface area contributed by atoms with Crippen LogP contribution in [0, 0.1) is 11.3 Å². The molecule has 1 aromatic rings. The van der Waals surface area contributed by atoms with Crippen LogP contribution in [0.3, 0.4) is 0 Å². The van der Waals surface area contributed by atoms with Crippen molar-refractivity contribution in [1.29, 1.82) is 5.26 Å². The van der Waals surface area contributed by atoms with Gasteiger partial charge in [-0.2, -0.15) is 5.26 Å². The van der Waals surface area contributed by atoms with Crippen LogP contribution in [0.5, 0.6) is 0 Å². The maximum atomic E-state index is 13.4. The molecule has 1 aromatic carbocycles. The third-order valence-electron chi connectivity index (χ3n) is 7.59. The number of epoxide rings is 1. The molecule has 0 saturated carbocycles. The summed E-state index contributed by atoms with van der Waals surface area (Å²) in [4.78, 5) is 2.02. The molecule has 0 aromatic heterocycles. The largest absolute Gasteiger partial charge is 0.366 e. The predicted molar refractivity (Wildman–Crippen MR) is 128 cm³/mol. The van der Waals surface area contributed by atoms with Crippen LogP contribution in [-0.4, -0.2) is 52.8 Å². The minimum atomic E-state index is -3.30. The first-order chi connectivity index (χ1) is 14.3. The second kappa shape index (κ2) is 7.33. The molecular weight excluding hydrogens is 424 g/mol. The summed E-state index contributed by atoms with van der Waals surface area (Å²) in [7, 11) is -2.83. The van der Waals surface area contributed by atoms with Crippen molar-refractivity contribution < 1.29 is 13.2 Å². The lowest BCUT2D eigenvalue weighted by atomic mass is 9.74. The topological polar surface area (TPSA) is 73.7 Å². The van der Waals surface area contributed by atoms with Gasteiger partial charge in [0.25, 0.3) is 0 Å². The van der Waals surface area contributed by atoms with Gasteiger partial charge in [0.1, 0.15) is 6.04 Å².